The Kier molecular flexibility index (Phi) is 9.87. The summed E-state index contributed by atoms with van der Waals surface area (Å²) in [7, 11) is 1.58. The summed E-state index contributed by atoms with van der Waals surface area (Å²) in [6, 6.07) is 12.1. The molecule has 1 aliphatic rings. The van der Waals surface area contributed by atoms with Gasteiger partial charge in [-0.3, -0.25) is 9.78 Å². The lowest BCUT2D eigenvalue weighted by molar-refractivity contribution is -0.141. The Morgan fingerprint density at radius 3 is 2.76 bits per heavy atom. The van der Waals surface area contributed by atoms with Crippen molar-refractivity contribution in [2.75, 3.05) is 32.5 Å². The van der Waals surface area contributed by atoms with Crippen molar-refractivity contribution in [3.8, 4) is 5.75 Å². The van der Waals surface area contributed by atoms with Crippen molar-refractivity contribution < 1.29 is 24.1 Å². The maximum atomic E-state index is 13.4. The predicted molar refractivity (Wildman–Crippen MR) is 150 cm³/mol. The molecule has 0 aliphatic carbocycles. The Hall–Kier alpha value is -2.39. The van der Waals surface area contributed by atoms with Gasteiger partial charge in [-0.15, -0.1) is 11.8 Å². The molecule has 2 aromatic carbocycles. The van der Waals surface area contributed by atoms with E-state index in [-0.39, 0.29) is 17.7 Å². The molecule has 1 atom stereocenters. The van der Waals surface area contributed by atoms with Gasteiger partial charge in [0.1, 0.15) is 11.6 Å². The number of pyridine rings is 1. The highest BCUT2D eigenvalue weighted by molar-refractivity contribution is 7.99. The monoisotopic (exact) mass is 560 g/mol. The Labute approximate surface area is 232 Å². The fourth-order valence-corrected chi connectivity index (χ4v) is 6.50. The third kappa shape index (κ3) is 7.38. The summed E-state index contributed by atoms with van der Waals surface area (Å²) in [6.45, 7) is 2.57. The van der Waals surface area contributed by atoms with Gasteiger partial charge >= 0.3 is 5.97 Å². The summed E-state index contributed by atoms with van der Waals surface area (Å²) >= 11 is 8.13. The standard InChI is InChI=1S/C29H34ClFN2O4S/c1-37-21-6-7-25-23(17-21)28(24(30)19-32-25)26(34)8-9-29(18-27(35)36)10-13-33(14-11-29)12-3-15-38-22-5-2-4-20(31)16-22/h2,4-7,16-17,19,26,34H,3,8-15,18H2,1H3,(H,35,36)/t26-/m1/s1. The van der Waals surface area contributed by atoms with Gasteiger partial charge in [-0.05, 0) is 99.3 Å². The summed E-state index contributed by atoms with van der Waals surface area (Å²) in [4.78, 5) is 19.5. The van der Waals surface area contributed by atoms with Gasteiger partial charge in [0.15, 0.2) is 0 Å². The third-order valence-electron chi connectivity index (χ3n) is 7.48. The molecule has 1 aliphatic heterocycles. The van der Waals surface area contributed by atoms with Crippen molar-refractivity contribution in [2.45, 2.75) is 49.5 Å². The molecule has 1 fully saturated rings. The number of hydrogen-bond acceptors (Lipinski definition) is 6. The lowest BCUT2D eigenvalue weighted by Crippen LogP contribution is -2.41. The van der Waals surface area contributed by atoms with Crippen LogP contribution in [0.2, 0.25) is 5.02 Å². The van der Waals surface area contributed by atoms with Crippen molar-refractivity contribution in [1.29, 1.82) is 0 Å². The van der Waals surface area contributed by atoms with Crippen LogP contribution in [0.25, 0.3) is 10.9 Å². The number of halogens is 2. The molecule has 0 unspecified atom stereocenters. The molecule has 2 N–H and O–H groups in total. The number of nitrogens with zero attached hydrogens (tertiary/aromatic N) is 2. The van der Waals surface area contributed by atoms with Gasteiger partial charge < -0.3 is 19.8 Å². The van der Waals surface area contributed by atoms with Gasteiger partial charge in [0.2, 0.25) is 0 Å². The molecule has 38 heavy (non-hydrogen) atoms. The number of carboxylic acid groups (broad SMARTS) is 1. The summed E-state index contributed by atoms with van der Waals surface area (Å²) in [6.07, 6.45) is 4.30. The van der Waals surface area contributed by atoms with Crippen molar-refractivity contribution >= 4 is 40.2 Å². The van der Waals surface area contributed by atoms with E-state index in [1.165, 1.54) is 6.07 Å². The molecule has 204 valence electrons. The Morgan fingerprint density at radius 1 is 1.26 bits per heavy atom. The molecule has 1 saturated heterocycles. The molecular formula is C29H34ClFN2O4S. The average molecular weight is 561 g/mol. The van der Waals surface area contributed by atoms with Crippen LogP contribution in [0.1, 0.15) is 50.2 Å². The van der Waals surface area contributed by atoms with Gasteiger partial charge in [-0.2, -0.15) is 0 Å². The molecule has 0 bridgehead atoms. The van der Waals surface area contributed by atoms with E-state index in [0.717, 1.165) is 54.9 Å². The highest BCUT2D eigenvalue weighted by Crippen LogP contribution is 2.43. The second kappa shape index (κ2) is 13.1. The second-order valence-corrected chi connectivity index (χ2v) is 11.6. The molecule has 0 radical (unpaired) electrons. The van der Waals surface area contributed by atoms with Crippen molar-refractivity contribution in [1.82, 2.24) is 9.88 Å². The van der Waals surface area contributed by atoms with Gasteiger partial charge in [0.05, 0.1) is 30.2 Å². The number of benzene rings is 2. The number of hydrogen-bond donors (Lipinski definition) is 2. The number of ether oxygens (including phenoxy) is 1. The normalized spacial score (nSPS) is 16.4. The van der Waals surface area contributed by atoms with Crippen molar-refractivity contribution in [2.24, 2.45) is 5.41 Å². The lowest BCUT2D eigenvalue weighted by Gasteiger charge is -2.41. The van der Waals surface area contributed by atoms with Crippen LogP contribution in [0.5, 0.6) is 5.75 Å². The Bertz CT molecular complexity index is 1250. The Morgan fingerprint density at radius 2 is 2.05 bits per heavy atom. The quantitative estimate of drug-likeness (QED) is 0.191. The minimum Gasteiger partial charge on any atom is -0.497 e. The number of aliphatic hydroxyl groups is 1. The van der Waals surface area contributed by atoms with Crippen molar-refractivity contribution in [3.63, 3.8) is 0 Å². The summed E-state index contributed by atoms with van der Waals surface area (Å²) in [5.74, 6) is 0.526. The number of piperidine rings is 1. The number of fused-ring (bicyclic) bond motifs is 1. The number of methoxy groups -OCH3 is 1. The first-order chi connectivity index (χ1) is 18.3. The smallest absolute Gasteiger partial charge is 0.303 e. The van der Waals surface area contributed by atoms with E-state index < -0.39 is 12.1 Å². The van der Waals surface area contributed by atoms with E-state index >= 15 is 0 Å². The maximum absolute atomic E-state index is 13.4. The zero-order valence-corrected chi connectivity index (χ0v) is 23.1. The molecule has 4 rings (SSSR count). The van der Waals surface area contributed by atoms with E-state index in [0.29, 0.717) is 34.7 Å². The van der Waals surface area contributed by atoms with Crippen LogP contribution < -0.4 is 4.74 Å². The van der Waals surface area contributed by atoms with Crippen LogP contribution in [-0.2, 0) is 4.79 Å². The number of aliphatic hydroxyl groups excluding tert-OH is 1. The molecule has 3 aromatic rings. The number of thioether (sulfide) groups is 1. The fourth-order valence-electron chi connectivity index (χ4n) is 5.34. The predicted octanol–water partition coefficient (Wildman–Crippen LogP) is 6.59. The Balaban J connectivity index is 1.35. The zero-order valence-electron chi connectivity index (χ0n) is 21.5. The topological polar surface area (TPSA) is 82.9 Å². The number of rotatable bonds is 12. The van der Waals surface area contributed by atoms with E-state index in [1.807, 2.05) is 24.3 Å². The lowest BCUT2D eigenvalue weighted by atomic mass is 9.71. The largest absolute Gasteiger partial charge is 0.497 e. The molecule has 0 saturated carbocycles. The number of aromatic nitrogens is 1. The van der Waals surface area contributed by atoms with Gasteiger partial charge in [-0.25, -0.2) is 4.39 Å². The molecule has 1 aromatic heterocycles. The molecular weight excluding hydrogens is 527 g/mol. The van der Waals surface area contributed by atoms with Gasteiger partial charge in [0.25, 0.3) is 0 Å². The first-order valence-corrected chi connectivity index (χ1v) is 14.3. The van der Waals surface area contributed by atoms with Crippen LogP contribution in [0.4, 0.5) is 4.39 Å². The minimum absolute atomic E-state index is 0.0850. The maximum Gasteiger partial charge on any atom is 0.303 e. The zero-order chi connectivity index (χ0) is 27.1. The summed E-state index contributed by atoms with van der Waals surface area (Å²) in [5.41, 5.74) is 0.953. The average Bonchev–Trinajstić information content (AvgIpc) is 2.90. The van der Waals surface area contributed by atoms with Crippen LogP contribution >= 0.6 is 23.4 Å². The van der Waals surface area contributed by atoms with Gasteiger partial charge in [0, 0.05) is 22.0 Å². The first kappa shape index (κ1) is 28.6. The summed E-state index contributed by atoms with van der Waals surface area (Å²) < 4.78 is 18.7. The fraction of sp³-hybridized carbons (Fsp3) is 0.448. The van der Waals surface area contributed by atoms with E-state index in [1.54, 1.807) is 37.2 Å². The minimum atomic E-state index is -0.844. The van der Waals surface area contributed by atoms with Crippen LogP contribution in [0, 0.1) is 11.2 Å². The number of carbonyl (C=O) groups is 1. The van der Waals surface area contributed by atoms with E-state index in [4.69, 9.17) is 16.3 Å². The van der Waals surface area contributed by atoms with Gasteiger partial charge in [-0.1, -0.05) is 17.7 Å². The second-order valence-electron chi connectivity index (χ2n) is 10.0. The number of likely N-dealkylation sites (tertiary alicyclic amines) is 1. The van der Waals surface area contributed by atoms with Crippen LogP contribution in [-0.4, -0.2) is 58.6 Å². The van der Waals surface area contributed by atoms with Crippen molar-refractivity contribution in [3.05, 3.63) is 65.1 Å². The van der Waals surface area contributed by atoms with E-state index in [2.05, 4.69) is 9.88 Å². The highest BCUT2D eigenvalue weighted by atomic mass is 35.5. The molecule has 2 heterocycles. The highest BCUT2D eigenvalue weighted by Gasteiger charge is 2.37. The third-order valence-corrected chi connectivity index (χ3v) is 8.86. The molecule has 6 nitrogen and oxygen atoms in total. The molecule has 0 amide bonds. The summed E-state index contributed by atoms with van der Waals surface area (Å²) in [5, 5.41) is 22.0. The van der Waals surface area contributed by atoms with E-state index in [9.17, 15) is 19.4 Å². The SMILES string of the molecule is COc1ccc2ncc(Cl)c([C@H](O)CCC3(CC(=O)O)CCN(CCCSc4cccc(F)c4)CC3)c2c1. The number of carboxylic acids is 1. The molecule has 0 spiro atoms. The van der Waals surface area contributed by atoms with Crippen LogP contribution in [0.3, 0.4) is 0 Å². The number of aliphatic carboxylic acids is 1. The molecule has 9 heteroatoms. The van der Waals surface area contributed by atoms with Crippen LogP contribution in [0.15, 0.2) is 53.6 Å². The first-order valence-electron chi connectivity index (χ1n) is 12.9.